The Labute approximate surface area is 196 Å². The summed E-state index contributed by atoms with van der Waals surface area (Å²) >= 11 is 6.27. The van der Waals surface area contributed by atoms with Gasteiger partial charge in [0, 0.05) is 37.3 Å². The van der Waals surface area contributed by atoms with Crippen molar-refractivity contribution in [2.75, 3.05) is 46.5 Å². The quantitative estimate of drug-likeness (QED) is 0.549. The van der Waals surface area contributed by atoms with E-state index in [0.29, 0.717) is 33.8 Å². The Morgan fingerprint density at radius 3 is 2.67 bits per heavy atom. The smallest absolute Gasteiger partial charge is 0.290 e. The number of halogens is 1. The van der Waals surface area contributed by atoms with Crippen molar-refractivity contribution in [2.24, 2.45) is 0 Å². The Morgan fingerprint density at radius 2 is 1.91 bits per heavy atom. The van der Waals surface area contributed by atoms with Crippen LogP contribution in [0.15, 0.2) is 51.7 Å². The van der Waals surface area contributed by atoms with Crippen molar-refractivity contribution in [3.8, 4) is 5.75 Å². The molecule has 3 aromatic rings. The molecule has 0 N–H and O–H groups in total. The molecule has 0 bridgehead atoms. The normalized spacial score (nSPS) is 18.7. The molecule has 172 valence electrons. The van der Waals surface area contributed by atoms with Gasteiger partial charge in [-0.3, -0.25) is 14.5 Å². The highest BCUT2D eigenvalue weighted by molar-refractivity contribution is 6.30. The van der Waals surface area contributed by atoms with E-state index in [4.69, 9.17) is 25.5 Å². The number of methoxy groups -OCH3 is 1. The van der Waals surface area contributed by atoms with Gasteiger partial charge in [0.2, 0.25) is 5.76 Å². The van der Waals surface area contributed by atoms with Crippen molar-refractivity contribution in [1.82, 2.24) is 9.80 Å². The molecular weight excluding hydrogens is 444 g/mol. The second kappa shape index (κ2) is 9.17. The van der Waals surface area contributed by atoms with Gasteiger partial charge >= 0.3 is 0 Å². The molecule has 0 radical (unpaired) electrons. The lowest BCUT2D eigenvalue weighted by atomic mass is 9.98. The fourth-order valence-electron chi connectivity index (χ4n) is 4.67. The predicted octanol–water partition coefficient (Wildman–Crippen LogP) is 3.72. The van der Waals surface area contributed by atoms with Gasteiger partial charge in [-0.25, -0.2) is 0 Å². The summed E-state index contributed by atoms with van der Waals surface area (Å²) < 4.78 is 16.7. The highest BCUT2D eigenvalue weighted by Gasteiger charge is 2.42. The SMILES string of the molecule is COc1ccc2c(=O)c3c(oc2c1)C(=O)N(CCCN1CCOCC1)C3c1cccc(Cl)c1. The van der Waals surface area contributed by atoms with E-state index in [2.05, 4.69) is 4.90 Å². The largest absolute Gasteiger partial charge is 0.497 e. The van der Waals surface area contributed by atoms with E-state index in [-0.39, 0.29) is 17.1 Å². The minimum atomic E-state index is -0.543. The van der Waals surface area contributed by atoms with Crippen molar-refractivity contribution >= 4 is 28.5 Å². The average Bonchev–Trinajstić information content (AvgIpc) is 3.11. The summed E-state index contributed by atoms with van der Waals surface area (Å²) in [7, 11) is 1.54. The molecule has 33 heavy (non-hydrogen) atoms. The van der Waals surface area contributed by atoms with E-state index in [9.17, 15) is 9.59 Å². The standard InChI is InChI=1S/C25H25ClN2O5/c1-31-18-6-7-19-20(15-18)33-24-21(23(19)29)22(16-4-2-5-17(26)14-16)28(25(24)30)9-3-8-27-10-12-32-13-11-27/h2,4-7,14-15,22H,3,8-13H2,1H3. The van der Waals surface area contributed by atoms with E-state index in [1.54, 1.807) is 42.3 Å². The van der Waals surface area contributed by atoms with Crippen LogP contribution in [0.2, 0.25) is 5.02 Å². The van der Waals surface area contributed by atoms with Crippen LogP contribution < -0.4 is 10.2 Å². The highest BCUT2D eigenvalue weighted by atomic mass is 35.5. The molecule has 0 saturated carbocycles. The zero-order valence-electron chi connectivity index (χ0n) is 18.4. The zero-order valence-corrected chi connectivity index (χ0v) is 19.1. The number of fused-ring (bicyclic) bond motifs is 2. The van der Waals surface area contributed by atoms with Crippen LogP contribution in [-0.4, -0.2) is 62.2 Å². The Kier molecular flexibility index (Phi) is 6.10. The fourth-order valence-corrected chi connectivity index (χ4v) is 4.87. The molecule has 0 aliphatic carbocycles. The number of nitrogens with zero attached hydrogens (tertiary/aromatic N) is 2. The van der Waals surface area contributed by atoms with Gasteiger partial charge in [-0.05, 0) is 36.2 Å². The van der Waals surface area contributed by atoms with Crippen LogP contribution >= 0.6 is 11.6 Å². The Balaban J connectivity index is 1.54. The number of carbonyl (C=O) groups excluding carboxylic acids is 1. The van der Waals surface area contributed by atoms with Gasteiger partial charge in [0.1, 0.15) is 11.3 Å². The molecule has 8 heteroatoms. The van der Waals surface area contributed by atoms with Crippen LogP contribution in [0.3, 0.4) is 0 Å². The average molecular weight is 469 g/mol. The second-order valence-electron chi connectivity index (χ2n) is 8.30. The number of hydrogen-bond donors (Lipinski definition) is 0. The Morgan fingerprint density at radius 1 is 1.09 bits per heavy atom. The Bertz CT molecular complexity index is 1250. The third-order valence-electron chi connectivity index (χ3n) is 6.32. The molecule has 1 saturated heterocycles. The maximum absolute atomic E-state index is 13.6. The van der Waals surface area contributed by atoms with Crippen LogP contribution in [0.1, 0.15) is 34.1 Å². The first kappa shape index (κ1) is 21.9. The van der Waals surface area contributed by atoms with Crippen molar-refractivity contribution < 1.29 is 18.7 Å². The van der Waals surface area contributed by atoms with Crippen molar-refractivity contribution in [3.05, 3.63) is 74.6 Å². The molecule has 1 aromatic heterocycles. The molecule has 2 aromatic carbocycles. The summed E-state index contributed by atoms with van der Waals surface area (Å²) in [4.78, 5) is 31.1. The monoisotopic (exact) mass is 468 g/mol. The third kappa shape index (κ3) is 4.12. The molecule has 2 aliphatic rings. The minimum Gasteiger partial charge on any atom is -0.497 e. The second-order valence-corrected chi connectivity index (χ2v) is 8.74. The van der Waals surface area contributed by atoms with Crippen LogP contribution in [0.4, 0.5) is 0 Å². The predicted molar refractivity (Wildman–Crippen MR) is 125 cm³/mol. The summed E-state index contributed by atoms with van der Waals surface area (Å²) in [5, 5.41) is 0.973. The van der Waals surface area contributed by atoms with Crippen molar-refractivity contribution in [2.45, 2.75) is 12.5 Å². The topological polar surface area (TPSA) is 72.2 Å². The van der Waals surface area contributed by atoms with E-state index in [0.717, 1.165) is 44.8 Å². The number of rotatable bonds is 6. The number of amides is 1. The molecule has 7 nitrogen and oxygen atoms in total. The van der Waals surface area contributed by atoms with Gasteiger partial charge in [-0.2, -0.15) is 0 Å². The van der Waals surface area contributed by atoms with E-state index in [1.807, 2.05) is 12.1 Å². The lowest BCUT2D eigenvalue weighted by molar-refractivity contribution is 0.0353. The summed E-state index contributed by atoms with van der Waals surface area (Å²) in [6.07, 6.45) is 0.776. The first-order valence-corrected chi connectivity index (χ1v) is 11.5. The molecule has 5 rings (SSSR count). The van der Waals surface area contributed by atoms with E-state index in [1.165, 1.54) is 0 Å². The van der Waals surface area contributed by atoms with Crippen molar-refractivity contribution in [3.63, 3.8) is 0 Å². The van der Waals surface area contributed by atoms with Gasteiger partial charge in [-0.15, -0.1) is 0 Å². The van der Waals surface area contributed by atoms with Crippen LogP contribution in [-0.2, 0) is 4.74 Å². The summed E-state index contributed by atoms with van der Waals surface area (Å²) in [5.41, 5.74) is 1.29. The number of benzene rings is 2. The maximum Gasteiger partial charge on any atom is 0.290 e. The van der Waals surface area contributed by atoms with Gasteiger partial charge in [-0.1, -0.05) is 23.7 Å². The number of ether oxygens (including phenoxy) is 2. The van der Waals surface area contributed by atoms with E-state index < -0.39 is 6.04 Å². The Hall–Kier alpha value is -2.87. The van der Waals surface area contributed by atoms with Crippen molar-refractivity contribution in [1.29, 1.82) is 0 Å². The van der Waals surface area contributed by atoms with E-state index >= 15 is 0 Å². The molecule has 0 spiro atoms. The molecular formula is C25H25ClN2O5. The van der Waals surface area contributed by atoms with Crippen LogP contribution in [0, 0.1) is 0 Å². The molecule has 1 fully saturated rings. The minimum absolute atomic E-state index is 0.0945. The summed E-state index contributed by atoms with van der Waals surface area (Å²) in [6.45, 7) is 4.59. The number of carbonyl (C=O) groups is 1. The molecule has 3 heterocycles. The molecule has 1 unspecified atom stereocenters. The summed E-state index contributed by atoms with van der Waals surface area (Å²) in [6, 6.07) is 11.8. The highest BCUT2D eigenvalue weighted by Crippen LogP contribution is 2.39. The van der Waals surface area contributed by atoms with Gasteiger partial charge in [0.25, 0.3) is 5.91 Å². The molecule has 1 amide bonds. The lowest BCUT2D eigenvalue weighted by Crippen LogP contribution is -2.38. The summed E-state index contributed by atoms with van der Waals surface area (Å²) in [5.74, 6) is 0.376. The first-order valence-electron chi connectivity index (χ1n) is 11.1. The first-order chi connectivity index (χ1) is 16.1. The lowest BCUT2D eigenvalue weighted by Gasteiger charge is -2.29. The maximum atomic E-state index is 13.6. The van der Waals surface area contributed by atoms with Crippen LogP contribution in [0.5, 0.6) is 5.75 Å². The fraction of sp³-hybridized carbons (Fsp3) is 0.360. The van der Waals surface area contributed by atoms with Gasteiger partial charge in [0.15, 0.2) is 5.43 Å². The van der Waals surface area contributed by atoms with Gasteiger partial charge < -0.3 is 18.8 Å². The van der Waals surface area contributed by atoms with Gasteiger partial charge in [0.05, 0.1) is 37.3 Å². The number of morpholine rings is 1. The molecule has 2 aliphatic heterocycles. The van der Waals surface area contributed by atoms with Crippen LogP contribution in [0.25, 0.3) is 11.0 Å². The zero-order chi connectivity index (χ0) is 22.9. The number of hydrogen-bond acceptors (Lipinski definition) is 6. The third-order valence-corrected chi connectivity index (χ3v) is 6.55. The molecule has 1 atom stereocenters.